The Morgan fingerprint density at radius 3 is 2.80 bits per heavy atom. The van der Waals surface area contributed by atoms with Crippen molar-refractivity contribution in [1.29, 1.82) is 0 Å². The highest BCUT2D eigenvalue weighted by Crippen LogP contribution is 2.27. The molecule has 0 atom stereocenters. The summed E-state index contributed by atoms with van der Waals surface area (Å²) in [5, 5.41) is 0. The predicted molar refractivity (Wildman–Crippen MR) is 47.6 cm³/mol. The number of hydrogen-bond acceptors (Lipinski definition) is 3. The molecule has 10 heavy (non-hydrogen) atoms. The van der Waals surface area contributed by atoms with E-state index in [9.17, 15) is 0 Å². The van der Waals surface area contributed by atoms with Crippen LogP contribution in [0, 0.1) is 0 Å². The molecule has 0 fully saturated rings. The van der Waals surface area contributed by atoms with Crippen LogP contribution in [0.4, 0.5) is 0 Å². The van der Waals surface area contributed by atoms with Gasteiger partial charge in [-0.15, -0.1) is 0 Å². The van der Waals surface area contributed by atoms with Crippen molar-refractivity contribution in [1.82, 2.24) is 4.98 Å². The molecule has 0 spiro atoms. The first-order valence-corrected chi connectivity index (χ1v) is 4.73. The maximum atomic E-state index is 5.79. The second-order valence-electron chi connectivity index (χ2n) is 1.73. The van der Waals surface area contributed by atoms with Crippen LogP contribution in [0.3, 0.4) is 0 Å². The largest absolute Gasteiger partial charge is 0.330 e. The summed E-state index contributed by atoms with van der Waals surface area (Å²) in [6.45, 7) is 0.593. The van der Waals surface area contributed by atoms with Gasteiger partial charge in [-0.25, -0.2) is 4.98 Å². The molecule has 0 saturated heterocycles. The van der Waals surface area contributed by atoms with E-state index in [0.29, 0.717) is 6.54 Å². The van der Waals surface area contributed by atoms with Crippen LogP contribution < -0.4 is 5.73 Å². The Bertz CT molecular complexity index is 225. The van der Waals surface area contributed by atoms with Gasteiger partial charge in [0.1, 0.15) is 4.34 Å². The highest BCUT2D eigenvalue weighted by atomic mass is 79.9. The molecule has 0 aliphatic rings. The first-order valence-electron chi connectivity index (χ1n) is 2.75. The van der Waals surface area contributed by atoms with E-state index in [-0.39, 0.29) is 0 Å². The minimum Gasteiger partial charge on any atom is -0.330 e. The van der Waals surface area contributed by atoms with Gasteiger partial charge >= 0.3 is 0 Å². The zero-order chi connectivity index (χ0) is 7.56. The van der Waals surface area contributed by atoms with Gasteiger partial charge in [-0.05, 0) is 22.5 Å². The van der Waals surface area contributed by atoms with Gasteiger partial charge in [0.15, 0.2) is 3.92 Å². The molecule has 56 valence electrons. The Morgan fingerprint density at radius 1 is 1.70 bits per heavy atom. The molecule has 1 aromatic heterocycles. The van der Waals surface area contributed by atoms with Crippen molar-refractivity contribution >= 4 is 38.9 Å². The van der Waals surface area contributed by atoms with Gasteiger partial charge in [0, 0.05) is 6.42 Å². The highest BCUT2D eigenvalue weighted by molar-refractivity contribution is 9.11. The van der Waals surface area contributed by atoms with Gasteiger partial charge in [-0.3, -0.25) is 0 Å². The normalized spacial score (nSPS) is 10.3. The fourth-order valence-corrected chi connectivity index (χ4v) is 2.50. The summed E-state index contributed by atoms with van der Waals surface area (Å²) < 4.78 is 1.55. The second kappa shape index (κ2) is 3.67. The van der Waals surface area contributed by atoms with Crippen molar-refractivity contribution in [3.05, 3.63) is 13.9 Å². The molecule has 2 nitrogen and oxygen atoms in total. The van der Waals surface area contributed by atoms with Crippen LogP contribution in [-0.2, 0) is 6.42 Å². The topological polar surface area (TPSA) is 38.9 Å². The summed E-state index contributed by atoms with van der Waals surface area (Å²) in [5.41, 5.74) is 6.22. The van der Waals surface area contributed by atoms with E-state index in [2.05, 4.69) is 20.9 Å². The fourth-order valence-electron chi connectivity index (χ4n) is 0.597. The monoisotopic (exact) mass is 240 g/mol. The molecular weight excluding hydrogens is 235 g/mol. The molecule has 5 heteroatoms. The summed E-state index contributed by atoms with van der Waals surface area (Å²) in [7, 11) is 0. The summed E-state index contributed by atoms with van der Waals surface area (Å²) in [4.78, 5) is 4.12. The Balaban J connectivity index is 2.81. The minimum absolute atomic E-state index is 0.593. The first kappa shape index (κ1) is 8.46. The minimum atomic E-state index is 0.593. The second-order valence-corrected chi connectivity index (χ2v) is 4.60. The third-order valence-corrected chi connectivity index (χ3v) is 2.79. The molecular formula is C5H6BrClN2S. The zero-order valence-electron chi connectivity index (χ0n) is 5.10. The van der Waals surface area contributed by atoms with Gasteiger partial charge in [0.2, 0.25) is 0 Å². The Morgan fingerprint density at radius 2 is 2.40 bits per heavy atom. The predicted octanol–water partition coefficient (Wildman–Crippen LogP) is 2.06. The third-order valence-electron chi connectivity index (χ3n) is 1.00. The molecule has 0 aliphatic heterocycles. The lowest BCUT2D eigenvalue weighted by Crippen LogP contribution is -2.02. The standard InChI is InChI=1S/C5H6BrClN2S/c6-5-9-3(1-2-8)4(7)10-5/h1-2,8H2. The molecule has 2 N–H and O–H groups in total. The summed E-state index contributed by atoms with van der Waals surface area (Å²) in [5.74, 6) is 0. The SMILES string of the molecule is NCCc1nc(Br)sc1Cl. The first-order chi connectivity index (χ1) is 4.74. The zero-order valence-corrected chi connectivity index (χ0v) is 8.26. The van der Waals surface area contributed by atoms with Crippen LogP contribution in [0.15, 0.2) is 3.92 Å². The van der Waals surface area contributed by atoms with Crippen molar-refractivity contribution in [2.24, 2.45) is 5.73 Å². The molecule has 0 unspecified atom stereocenters. The number of hydrogen-bond donors (Lipinski definition) is 1. The molecule has 0 amide bonds. The van der Waals surface area contributed by atoms with Crippen molar-refractivity contribution < 1.29 is 0 Å². The lowest BCUT2D eigenvalue weighted by molar-refractivity contribution is 0.932. The molecule has 1 aromatic rings. The fraction of sp³-hybridized carbons (Fsp3) is 0.400. The summed E-state index contributed by atoms with van der Waals surface area (Å²) in [6.07, 6.45) is 0.751. The number of nitrogens with zero attached hydrogens (tertiary/aromatic N) is 1. The summed E-state index contributed by atoms with van der Waals surface area (Å²) >= 11 is 10.5. The van der Waals surface area contributed by atoms with E-state index in [1.54, 1.807) is 0 Å². The van der Waals surface area contributed by atoms with Crippen molar-refractivity contribution in [2.75, 3.05) is 6.54 Å². The number of thiazole rings is 1. The number of aromatic nitrogens is 1. The van der Waals surface area contributed by atoms with Crippen LogP contribution in [-0.4, -0.2) is 11.5 Å². The Hall–Kier alpha value is 0.360. The van der Waals surface area contributed by atoms with Gasteiger partial charge in [0.05, 0.1) is 5.69 Å². The van der Waals surface area contributed by atoms with E-state index in [1.807, 2.05) is 0 Å². The molecule has 0 aromatic carbocycles. The van der Waals surface area contributed by atoms with Crippen molar-refractivity contribution in [3.63, 3.8) is 0 Å². The van der Waals surface area contributed by atoms with E-state index in [4.69, 9.17) is 17.3 Å². The van der Waals surface area contributed by atoms with Crippen LogP contribution in [0.25, 0.3) is 0 Å². The third kappa shape index (κ3) is 1.92. The van der Waals surface area contributed by atoms with Crippen molar-refractivity contribution in [3.8, 4) is 0 Å². The maximum absolute atomic E-state index is 5.79. The molecule has 0 bridgehead atoms. The van der Waals surface area contributed by atoms with Gasteiger partial charge in [0.25, 0.3) is 0 Å². The average molecular weight is 242 g/mol. The Labute approximate surface area is 76.5 Å². The number of halogens is 2. The van der Waals surface area contributed by atoms with Crippen LogP contribution in [0.1, 0.15) is 5.69 Å². The van der Waals surface area contributed by atoms with Crippen LogP contribution in [0.2, 0.25) is 4.34 Å². The lowest BCUT2D eigenvalue weighted by atomic mass is 10.3. The molecule has 1 rings (SSSR count). The van der Waals surface area contributed by atoms with E-state index >= 15 is 0 Å². The quantitative estimate of drug-likeness (QED) is 0.861. The lowest BCUT2D eigenvalue weighted by Gasteiger charge is -1.89. The van der Waals surface area contributed by atoms with E-state index < -0.39 is 0 Å². The van der Waals surface area contributed by atoms with Gasteiger partial charge in [-0.2, -0.15) is 0 Å². The Kier molecular flexibility index (Phi) is 3.10. The van der Waals surface area contributed by atoms with Gasteiger partial charge in [-0.1, -0.05) is 22.9 Å². The van der Waals surface area contributed by atoms with E-state index in [1.165, 1.54) is 11.3 Å². The van der Waals surface area contributed by atoms with E-state index in [0.717, 1.165) is 20.4 Å². The number of rotatable bonds is 2. The smallest absolute Gasteiger partial charge is 0.160 e. The van der Waals surface area contributed by atoms with Crippen LogP contribution >= 0.6 is 38.9 Å². The highest BCUT2D eigenvalue weighted by Gasteiger charge is 2.05. The maximum Gasteiger partial charge on any atom is 0.160 e. The van der Waals surface area contributed by atoms with Crippen LogP contribution in [0.5, 0.6) is 0 Å². The molecule has 0 radical (unpaired) electrons. The molecule has 1 heterocycles. The summed E-state index contributed by atoms with van der Waals surface area (Å²) in [6, 6.07) is 0. The van der Waals surface area contributed by atoms with Gasteiger partial charge < -0.3 is 5.73 Å². The van der Waals surface area contributed by atoms with Crippen molar-refractivity contribution in [2.45, 2.75) is 6.42 Å². The average Bonchev–Trinajstić information content (AvgIpc) is 2.13. The molecule has 0 saturated carbocycles. The molecule has 0 aliphatic carbocycles. The number of nitrogens with two attached hydrogens (primary N) is 1.